The van der Waals surface area contributed by atoms with E-state index in [-0.39, 0.29) is 0 Å². The summed E-state index contributed by atoms with van der Waals surface area (Å²) in [5, 5.41) is 11.5. The normalized spacial score (nSPS) is 18.7. The third-order valence-electron chi connectivity index (χ3n) is 4.76. The Bertz CT molecular complexity index is 1210. The number of amides is 1. The molecule has 0 aliphatic heterocycles. The first-order valence-electron chi connectivity index (χ1n) is 9.16. The highest BCUT2D eigenvalue weighted by atomic mass is 32.2. The maximum atomic E-state index is 14.0. The number of hydrogen-bond acceptors (Lipinski definition) is 4. The minimum Gasteiger partial charge on any atom is -0.503 e. The van der Waals surface area contributed by atoms with E-state index in [4.69, 9.17) is 0 Å². The lowest BCUT2D eigenvalue weighted by Crippen LogP contribution is -2.57. The Labute approximate surface area is 181 Å². The van der Waals surface area contributed by atoms with Gasteiger partial charge < -0.3 is 10.4 Å². The minimum absolute atomic E-state index is 0.514. The Balaban J connectivity index is 1.92. The van der Waals surface area contributed by atoms with Gasteiger partial charge in [0.2, 0.25) is 10.0 Å². The first kappa shape index (κ1) is 23.3. The summed E-state index contributed by atoms with van der Waals surface area (Å²) < 4.78 is 80.4. The molecule has 1 aliphatic carbocycles. The third-order valence-corrected chi connectivity index (χ3v) is 5.35. The number of halogens is 4. The van der Waals surface area contributed by atoms with E-state index in [0.29, 0.717) is 17.2 Å². The fourth-order valence-corrected chi connectivity index (χ4v) is 3.70. The number of carbonyl (C=O) groups is 1. The number of carbonyl (C=O) groups excluding carboxylic acids is 1. The molecule has 3 rings (SSSR count). The van der Waals surface area contributed by atoms with E-state index in [1.54, 1.807) is 30.3 Å². The van der Waals surface area contributed by atoms with Crippen LogP contribution in [0.1, 0.15) is 22.3 Å². The summed E-state index contributed by atoms with van der Waals surface area (Å²) >= 11 is 0. The number of alkyl halides is 3. The van der Waals surface area contributed by atoms with Crippen molar-refractivity contribution < 1.29 is 35.9 Å². The fourth-order valence-electron chi connectivity index (χ4n) is 3.14. The summed E-state index contributed by atoms with van der Waals surface area (Å²) in [5.41, 5.74) is -2.82. The zero-order chi connectivity index (χ0) is 23.7. The Hall–Kier alpha value is -3.34. The van der Waals surface area contributed by atoms with E-state index >= 15 is 0 Å². The van der Waals surface area contributed by atoms with E-state index in [9.17, 15) is 35.9 Å². The number of aromatic hydroxyl groups is 1. The Morgan fingerprint density at radius 3 is 2.34 bits per heavy atom. The van der Waals surface area contributed by atoms with Crippen molar-refractivity contribution >= 4 is 27.2 Å². The molecule has 0 radical (unpaired) electrons. The van der Waals surface area contributed by atoms with Gasteiger partial charge in [0.1, 0.15) is 0 Å². The van der Waals surface area contributed by atoms with Gasteiger partial charge in [0.05, 0.1) is 11.9 Å². The number of phenolic OH excluding ortho intramolecular Hbond substituents is 1. The standard InChI is InChI=1S/C21H18F4N2O4S/c1-32(30,31)27-17-12-15(11-16(22)18(17)28)19(29)26-20(21(23,24)25)9-7-14(8-10-20)13-5-3-2-4-6-13/h2-9,11-12,27-28H,10H2,1H3,(H,26,29). The molecule has 2 aromatic rings. The number of phenols is 1. The van der Waals surface area contributed by atoms with Crippen LogP contribution in [0, 0.1) is 5.82 Å². The topological polar surface area (TPSA) is 95.5 Å². The van der Waals surface area contributed by atoms with Crippen LogP contribution in [0.25, 0.3) is 5.57 Å². The summed E-state index contributed by atoms with van der Waals surface area (Å²) in [4.78, 5) is 12.6. The molecule has 0 aromatic heterocycles. The molecular weight excluding hydrogens is 452 g/mol. The van der Waals surface area contributed by atoms with Gasteiger partial charge in [-0.1, -0.05) is 42.5 Å². The highest BCUT2D eigenvalue weighted by molar-refractivity contribution is 7.92. The van der Waals surface area contributed by atoms with Crippen LogP contribution >= 0.6 is 0 Å². The van der Waals surface area contributed by atoms with Crippen molar-refractivity contribution in [1.29, 1.82) is 0 Å². The van der Waals surface area contributed by atoms with Crippen LogP contribution in [0.15, 0.2) is 60.7 Å². The van der Waals surface area contributed by atoms with Crippen LogP contribution in [0.4, 0.5) is 23.2 Å². The number of sulfonamides is 1. The van der Waals surface area contributed by atoms with Crippen molar-refractivity contribution in [1.82, 2.24) is 5.32 Å². The van der Waals surface area contributed by atoms with Crippen molar-refractivity contribution in [3.63, 3.8) is 0 Å². The van der Waals surface area contributed by atoms with Crippen molar-refractivity contribution in [2.45, 2.75) is 18.1 Å². The molecule has 0 bridgehead atoms. The average molecular weight is 470 g/mol. The Morgan fingerprint density at radius 2 is 1.81 bits per heavy atom. The minimum atomic E-state index is -4.89. The van der Waals surface area contributed by atoms with E-state index in [2.05, 4.69) is 0 Å². The molecular formula is C21H18F4N2O4S. The predicted octanol–water partition coefficient (Wildman–Crippen LogP) is 3.98. The maximum absolute atomic E-state index is 14.0. The molecule has 1 aliphatic rings. The number of anilines is 1. The van der Waals surface area contributed by atoms with E-state index < -0.39 is 56.9 Å². The largest absolute Gasteiger partial charge is 0.503 e. The molecule has 3 N–H and O–H groups in total. The summed E-state index contributed by atoms with van der Waals surface area (Å²) in [6.07, 6.45) is -1.39. The summed E-state index contributed by atoms with van der Waals surface area (Å²) in [6, 6.07) is 9.95. The fraction of sp³-hybridized carbons (Fsp3) is 0.190. The zero-order valence-corrected chi connectivity index (χ0v) is 17.4. The number of benzene rings is 2. The highest BCUT2D eigenvalue weighted by Gasteiger charge is 2.54. The van der Waals surface area contributed by atoms with Crippen molar-refractivity contribution in [2.24, 2.45) is 0 Å². The Morgan fingerprint density at radius 1 is 1.16 bits per heavy atom. The van der Waals surface area contributed by atoms with Crippen LogP contribution in [-0.2, 0) is 10.0 Å². The molecule has 32 heavy (non-hydrogen) atoms. The van der Waals surface area contributed by atoms with Crippen LogP contribution in [0.5, 0.6) is 5.75 Å². The number of nitrogens with one attached hydrogen (secondary N) is 2. The molecule has 0 fully saturated rings. The number of hydrogen-bond donors (Lipinski definition) is 3. The van der Waals surface area contributed by atoms with Gasteiger partial charge in [-0.05, 0) is 29.3 Å². The lowest BCUT2D eigenvalue weighted by molar-refractivity contribution is -0.177. The molecule has 1 atom stereocenters. The second kappa shape index (κ2) is 8.30. The third kappa shape index (κ3) is 4.93. The lowest BCUT2D eigenvalue weighted by atomic mass is 9.85. The van der Waals surface area contributed by atoms with Crippen LogP contribution < -0.4 is 10.0 Å². The van der Waals surface area contributed by atoms with Crippen molar-refractivity contribution in [2.75, 3.05) is 11.0 Å². The van der Waals surface area contributed by atoms with Gasteiger partial charge in [-0.3, -0.25) is 9.52 Å². The molecule has 170 valence electrons. The van der Waals surface area contributed by atoms with Gasteiger partial charge in [-0.2, -0.15) is 13.2 Å². The maximum Gasteiger partial charge on any atom is 0.415 e. The highest BCUT2D eigenvalue weighted by Crippen LogP contribution is 2.39. The summed E-state index contributed by atoms with van der Waals surface area (Å²) in [7, 11) is -3.96. The van der Waals surface area contributed by atoms with E-state index in [1.807, 2.05) is 10.0 Å². The van der Waals surface area contributed by atoms with Gasteiger partial charge in [0.25, 0.3) is 5.91 Å². The number of rotatable bonds is 5. The second-order valence-electron chi connectivity index (χ2n) is 7.21. The molecule has 0 saturated heterocycles. The van der Waals surface area contributed by atoms with Crippen LogP contribution in [0.2, 0.25) is 0 Å². The van der Waals surface area contributed by atoms with Crippen LogP contribution in [-0.4, -0.2) is 37.4 Å². The molecule has 1 unspecified atom stereocenters. The monoisotopic (exact) mass is 470 g/mol. The molecule has 6 nitrogen and oxygen atoms in total. The number of allylic oxidation sites excluding steroid dienone is 2. The quantitative estimate of drug-likeness (QED) is 0.455. The second-order valence-corrected chi connectivity index (χ2v) is 8.96. The van der Waals surface area contributed by atoms with Gasteiger partial charge in [0.15, 0.2) is 17.1 Å². The zero-order valence-electron chi connectivity index (χ0n) is 16.6. The Kier molecular flexibility index (Phi) is 6.05. The van der Waals surface area contributed by atoms with Crippen molar-refractivity contribution in [3.05, 3.63) is 77.6 Å². The molecule has 0 spiro atoms. The van der Waals surface area contributed by atoms with Gasteiger partial charge >= 0.3 is 6.18 Å². The SMILES string of the molecule is CS(=O)(=O)Nc1cc(C(=O)NC2(C(F)(F)F)C=CC(c3ccccc3)=CC2)cc(F)c1O. The van der Waals surface area contributed by atoms with Gasteiger partial charge in [0, 0.05) is 12.0 Å². The molecule has 0 heterocycles. The summed E-state index contributed by atoms with van der Waals surface area (Å²) in [6.45, 7) is 0. The first-order valence-corrected chi connectivity index (χ1v) is 11.0. The van der Waals surface area contributed by atoms with E-state index in [0.717, 1.165) is 18.4 Å². The molecule has 0 saturated carbocycles. The van der Waals surface area contributed by atoms with Gasteiger partial charge in [-0.25, -0.2) is 12.8 Å². The van der Waals surface area contributed by atoms with Crippen LogP contribution in [0.3, 0.4) is 0 Å². The molecule has 11 heteroatoms. The van der Waals surface area contributed by atoms with Crippen molar-refractivity contribution in [3.8, 4) is 5.75 Å². The summed E-state index contributed by atoms with van der Waals surface area (Å²) in [5.74, 6) is -3.78. The van der Waals surface area contributed by atoms with Gasteiger partial charge in [-0.15, -0.1) is 0 Å². The first-order chi connectivity index (χ1) is 14.8. The lowest BCUT2D eigenvalue weighted by Gasteiger charge is -2.35. The predicted molar refractivity (Wildman–Crippen MR) is 111 cm³/mol. The average Bonchev–Trinajstić information content (AvgIpc) is 2.70. The molecule has 1 amide bonds. The van der Waals surface area contributed by atoms with E-state index in [1.165, 1.54) is 12.2 Å². The smallest absolute Gasteiger partial charge is 0.415 e. The molecule has 2 aromatic carbocycles.